The minimum absolute atomic E-state index is 0.0545. The van der Waals surface area contributed by atoms with Crippen LogP contribution in [0.3, 0.4) is 0 Å². The van der Waals surface area contributed by atoms with Crippen LogP contribution < -0.4 is 0 Å². The van der Waals surface area contributed by atoms with Gasteiger partial charge in [0.2, 0.25) is 0 Å². The lowest BCUT2D eigenvalue weighted by Crippen LogP contribution is -2.13. The van der Waals surface area contributed by atoms with E-state index >= 15 is 0 Å². The van der Waals surface area contributed by atoms with E-state index in [1.165, 1.54) is 6.07 Å². The first-order valence-electron chi connectivity index (χ1n) is 7.08. The molecule has 5 heteroatoms. The molecule has 0 atom stereocenters. The second-order valence-electron chi connectivity index (χ2n) is 5.33. The van der Waals surface area contributed by atoms with E-state index in [2.05, 4.69) is 5.10 Å². The van der Waals surface area contributed by atoms with Gasteiger partial charge in [0.05, 0.1) is 0 Å². The van der Waals surface area contributed by atoms with Crippen molar-refractivity contribution in [3.63, 3.8) is 0 Å². The summed E-state index contributed by atoms with van der Waals surface area (Å²) in [5.41, 5.74) is 1.79. The minimum atomic E-state index is -0.911. The summed E-state index contributed by atoms with van der Waals surface area (Å²) in [6, 6.07) is 3.63. The Balaban J connectivity index is 2.22. The van der Waals surface area contributed by atoms with Gasteiger partial charge in [0.1, 0.15) is 0 Å². The first kappa shape index (κ1) is 16.1. The maximum atomic E-state index is 13.2. The summed E-state index contributed by atoms with van der Waals surface area (Å²) in [6.45, 7) is 0. The second kappa shape index (κ2) is 7.11. The molecule has 0 N–H and O–H groups in total. The van der Waals surface area contributed by atoms with E-state index in [1.807, 2.05) is 0 Å². The van der Waals surface area contributed by atoms with Gasteiger partial charge >= 0.3 is 0 Å². The molecular formula is C17H18F2N2O. The van der Waals surface area contributed by atoms with Crippen LogP contribution in [0, 0.1) is 11.6 Å². The zero-order chi connectivity index (χ0) is 16.1. The molecule has 0 amide bonds. The quantitative estimate of drug-likeness (QED) is 0.486. The zero-order valence-corrected chi connectivity index (χ0v) is 12.6. The van der Waals surface area contributed by atoms with Crippen LogP contribution in [-0.4, -0.2) is 31.1 Å². The van der Waals surface area contributed by atoms with Gasteiger partial charge in [-0.1, -0.05) is 6.07 Å². The van der Waals surface area contributed by atoms with Gasteiger partial charge in [-0.15, -0.1) is 0 Å². The predicted octanol–water partition coefficient (Wildman–Crippen LogP) is 3.58. The smallest absolute Gasteiger partial charge is 0.185 e. The summed E-state index contributed by atoms with van der Waals surface area (Å²) in [4.78, 5) is 12.4. The summed E-state index contributed by atoms with van der Waals surface area (Å²) in [5.74, 6) is -1.86. The fraction of sp³-hybridized carbons (Fsp3) is 0.294. The van der Waals surface area contributed by atoms with Crippen LogP contribution in [0.2, 0.25) is 0 Å². The summed E-state index contributed by atoms with van der Waals surface area (Å²) in [6.07, 6.45) is 7.12. The Morgan fingerprint density at radius 2 is 1.86 bits per heavy atom. The van der Waals surface area contributed by atoms with Crippen LogP contribution in [0.15, 0.2) is 40.5 Å². The maximum Gasteiger partial charge on any atom is 0.185 e. The molecule has 0 radical (unpaired) electrons. The third kappa shape index (κ3) is 4.10. The van der Waals surface area contributed by atoms with Crippen molar-refractivity contribution >= 4 is 18.1 Å². The summed E-state index contributed by atoms with van der Waals surface area (Å²) in [7, 11) is 3.60. The van der Waals surface area contributed by atoms with Crippen molar-refractivity contribution in [1.29, 1.82) is 0 Å². The van der Waals surface area contributed by atoms with Crippen LogP contribution >= 0.6 is 0 Å². The highest BCUT2D eigenvalue weighted by molar-refractivity contribution is 6.13. The van der Waals surface area contributed by atoms with E-state index < -0.39 is 11.6 Å². The SMILES string of the molecule is CN(C)/N=C\C=C1/CCC/C(=C/c2ccc(F)c(F)c2)C1=O. The number of nitrogens with zero attached hydrogens (tertiary/aromatic N) is 2. The molecule has 0 bridgehead atoms. The average molecular weight is 304 g/mol. The van der Waals surface area contributed by atoms with Crippen molar-refractivity contribution in [3.05, 3.63) is 52.6 Å². The van der Waals surface area contributed by atoms with E-state index in [0.717, 1.165) is 18.6 Å². The number of ketones is 1. The van der Waals surface area contributed by atoms with Gasteiger partial charge in [0, 0.05) is 31.5 Å². The molecule has 1 aliphatic rings. The van der Waals surface area contributed by atoms with Crippen molar-refractivity contribution in [1.82, 2.24) is 5.01 Å². The number of Topliss-reactive ketones (excluding diaryl/α,β-unsaturated/α-hetero) is 1. The van der Waals surface area contributed by atoms with Crippen LogP contribution in [0.4, 0.5) is 8.78 Å². The number of hydrogen-bond acceptors (Lipinski definition) is 3. The number of carbonyl (C=O) groups is 1. The topological polar surface area (TPSA) is 32.7 Å². The minimum Gasteiger partial charge on any atom is -0.303 e. The van der Waals surface area contributed by atoms with Crippen LogP contribution in [0.5, 0.6) is 0 Å². The molecule has 1 saturated carbocycles. The monoisotopic (exact) mass is 304 g/mol. The number of allylic oxidation sites excluding steroid dienone is 3. The number of carbonyl (C=O) groups excluding carboxylic acids is 1. The highest BCUT2D eigenvalue weighted by Crippen LogP contribution is 2.26. The largest absolute Gasteiger partial charge is 0.303 e. The fourth-order valence-corrected chi connectivity index (χ4v) is 2.26. The first-order valence-corrected chi connectivity index (χ1v) is 7.08. The molecule has 2 rings (SSSR count). The molecular weight excluding hydrogens is 286 g/mol. The van der Waals surface area contributed by atoms with E-state index in [9.17, 15) is 13.6 Å². The lowest BCUT2D eigenvalue weighted by molar-refractivity contribution is -0.112. The summed E-state index contributed by atoms with van der Waals surface area (Å²) < 4.78 is 26.2. The van der Waals surface area contributed by atoms with Gasteiger partial charge in [-0.2, -0.15) is 5.10 Å². The summed E-state index contributed by atoms with van der Waals surface area (Å²) >= 11 is 0. The highest BCUT2D eigenvalue weighted by Gasteiger charge is 2.20. The molecule has 1 fully saturated rings. The first-order chi connectivity index (χ1) is 10.5. The van der Waals surface area contributed by atoms with E-state index in [-0.39, 0.29) is 5.78 Å². The zero-order valence-electron chi connectivity index (χ0n) is 12.6. The van der Waals surface area contributed by atoms with Crippen LogP contribution in [0.1, 0.15) is 24.8 Å². The van der Waals surface area contributed by atoms with Crippen molar-refractivity contribution in [3.8, 4) is 0 Å². The lowest BCUT2D eigenvalue weighted by Gasteiger charge is -2.16. The van der Waals surface area contributed by atoms with Gasteiger partial charge in [0.25, 0.3) is 0 Å². The number of hydrazone groups is 1. The van der Waals surface area contributed by atoms with Crippen molar-refractivity contribution in [2.75, 3.05) is 14.1 Å². The van der Waals surface area contributed by atoms with Crippen LogP contribution in [-0.2, 0) is 4.79 Å². The maximum absolute atomic E-state index is 13.2. The van der Waals surface area contributed by atoms with Crippen molar-refractivity contribution in [2.24, 2.45) is 5.10 Å². The predicted molar refractivity (Wildman–Crippen MR) is 83.5 cm³/mol. The molecule has 0 heterocycles. The Bertz CT molecular complexity index is 661. The number of rotatable bonds is 3. The van der Waals surface area contributed by atoms with Gasteiger partial charge in [-0.3, -0.25) is 4.79 Å². The van der Waals surface area contributed by atoms with Crippen molar-refractivity contribution in [2.45, 2.75) is 19.3 Å². The average Bonchev–Trinajstić information content (AvgIpc) is 2.46. The Hall–Kier alpha value is -2.30. The van der Waals surface area contributed by atoms with Crippen LogP contribution in [0.25, 0.3) is 6.08 Å². The summed E-state index contributed by atoms with van der Waals surface area (Å²) in [5, 5.41) is 5.69. The van der Waals surface area contributed by atoms with Gasteiger partial charge in [0.15, 0.2) is 17.4 Å². The lowest BCUT2D eigenvalue weighted by atomic mass is 9.87. The molecule has 0 aromatic heterocycles. The molecule has 3 nitrogen and oxygen atoms in total. The number of hydrogen-bond donors (Lipinski definition) is 0. The second-order valence-corrected chi connectivity index (χ2v) is 5.33. The molecule has 0 aliphatic heterocycles. The molecule has 0 saturated heterocycles. The number of benzene rings is 1. The third-order valence-electron chi connectivity index (χ3n) is 3.33. The molecule has 116 valence electrons. The normalized spacial score (nSPS) is 19.4. The molecule has 1 aromatic carbocycles. The molecule has 22 heavy (non-hydrogen) atoms. The van der Waals surface area contributed by atoms with E-state index in [4.69, 9.17) is 0 Å². The van der Waals surface area contributed by atoms with Gasteiger partial charge in [-0.05, 0) is 49.1 Å². The van der Waals surface area contributed by atoms with E-state index in [0.29, 0.717) is 29.6 Å². The standard InChI is InChI=1S/C17H18F2N2O/c1-21(2)20-9-8-13-4-3-5-14(17(13)22)10-12-6-7-15(18)16(19)11-12/h6-11H,3-5H2,1-2H3/b13-8+,14-10-,20-9-. The van der Waals surface area contributed by atoms with Crippen molar-refractivity contribution < 1.29 is 13.6 Å². The highest BCUT2D eigenvalue weighted by atomic mass is 19.2. The Kier molecular flexibility index (Phi) is 5.20. The molecule has 0 spiro atoms. The Labute approximate surface area is 128 Å². The Morgan fingerprint density at radius 3 is 2.55 bits per heavy atom. The van der Waals surface area contributed by atoms with Gasteiger partial charge < -0.3 is 5.01 Å². The number of halogens is 2. The molecule has 1 aliphatic carbocycles. The van der Waals surface area contributed by atoms with Gasteiger partial charge in [-0.25, -0.2) is 8.78 Å². The fourth-order valence-electron chi connectivity index (χ4n) is 2.26. The Morgan fingerprint density at radius 1 is 1.14 bits per heavy atom. The molecule has 1 aromatic rings. The van der Waals surface area contributed by atoms with E-state index in [1.54, 1.807) is 37.5 Å². The third-order valence-corrected chi connectivity index (χ3v) is 3.33. The molecule has 0 unspecified atom stereocenters.